The van der Waals surface area contributed by atoms with E-state index in [1.165, 1.54) is 6.26 Å². The van der Waals surface area contributed by atoms with Crippen molar-refractivity contribution in [2.45, 2.75) is 31.2 Å². The highest BCUT2D eigenvalue weighted by Crippen LogP contribution is 2.16. The molecular formula is C13H20N2O2S2. The third kappa shape index (κ3) is 5.16. The van der Waals surface area contributed by atoms with E-state index in [0.717, 1.165) is 18.5 Å². The van der Waals surface area contributed by atoms with Crippen LogP contribution in [0.3, 0.4) is 0 Å². The molecule has 4 nitrogen and oxygen atoms in total. The third-order valence-electron chi connectivity index (χ3n) is 2.69. The summed E-state index contributed by atoms with van der Waals surface area (Å²) in [5, 5.41) is 6.87. The van der Waals surface area contributed by atoms with Gasteiger partial charge in [-0.05, 0) is 43.3 Å². The molecule has 1 aromatic rings. The summed E-state index contributed by atoms with van der Waals surface area (Å²) in [7, 11) is -3.14. The first-order valence-corrected chi connectivity index (χ1v) is 8.49. The van der Waals surface area contributed by atoms with Crippen LogP contribution in [-0.2, 0) is 9.84 Å². The lowest BCUT2D eigenvalue weighted by Crippen LogP contribution is -2.37. The molecule has 0 spiro atoms. The molecule has 106 valence electrons. The van der Waals surface area contributed by atoms with Gasteiger partial charge in [-0.25, -0.2) is 8.42 Å². The second kappa shape index (κ2) is 6.86. The van der Waals surface area contributed by atoms with E-state index in [4.69, 9.17) is 12.2 Å². The van der Waals surface area contributed by atoms with E-state index in [0.29, 0.717) is 10.0 Å². The summed E-state index contributed by atoms with van der Waals surface area (Å²) in [5.41, 5.74) is 0.994. The molecule has 0 amide bonds. The van der Waals surface area contributed by atoms with Crippen molar-refractivity contribution in [1.29, 1.82) is 0 Å². The quantitative estimate of drug-likeness (QED) is 0.815. The van der Waals surface area contributed by atoms with Gasteiger partial charge in [-0.1, -0.05) is 19.1 Å². The molecule has 0 aliphatic rings. The zero-order chi connectivity index (χ0) is 14.5. The Bertz CT molecular complexity index is 524. The van der Waals surface area contributed by atoms with Crippen molar-refractivity contribution in [2.24, 2.45) is 0 Å². The van der Waals surface area contributed by atoms with E-state index in [1.807, 2.05) is 6.92 Å². The molecule has 0 aliphatic heterocycles. The van der Waals surface area contributed by atoms with Crippen LogP contribution in [0.4, 0.5) is 0 Å². The highest BCUT2D eigenvalue weighted by molar-refractivity contribution is 7.90. The molecule has 19 heavy (non-hydrogen) atoms. The molecule has 0 bridgehead atoms. The summed E-state index contributed by atoms with van der Waals surface area (Å²) >= 11 is 5.16. The smallest absolute Gasteiger partial charge is 0.175 e. The molecule has 0 radical (unpaired) electrons. The first-order chi connectivity index (χ1) is 8.84. The molecule has 6 heteroatoms. The van der Waals surface area contributed by atoms with Crippen LogP contribution in [0.25, 0.3) is 0 Å². The average molecular weight is 300 g/mol. The predicted molar refractivity (Wildman–Crippen MR) is 82.0 cm³/mol. The Morgan fingerprint density at radius 3 is 2.37 bits per heavy atom. The lowest BCUT2D eigenvalue weighted by Gasteiger charge is -2.17. The van der Waals surface area contributed by atoms with Crippen molar-refractivity contribution in [3.8, 4) is 0 Å². The highest BCUT2D eigenvalue weighted by Gasteiger charge is 2.10. The molecule has 0 unspecified atom stereocenters. The second-order valence-electron chi connectivity index (χ2n) is 4.46. The van der Waals surface area contributed by atoms with Crippen LogP contribution < -0.4 is 10.6 Å². The number of benzene rings is 1. The van der Waals surface area contributed by atoms with Crippen molar-refractivity contribution in [3.05, 3.63) is 29.8 Å². The maximum Gasteiger partial charge on any atom is 0.175 e. The van der Waals surface area contributed by atoms with Crippen molar-refractivity contribution < 1.29 is 8.42 Å². The molecule has 0 fully saturated rings. The van der Waals surface area contributed by atoms with Crippen molar-refractivity contribution >= 4 is 27.2 Å². The highest BCUT2D eigenvalue weighted by atomic mass is 32.2. The minimum absolute atomic E-state index is 0.0328. The second-order valence-corrected chi connectivity index (χ2v) is 6.89. The summed E-state index contributed by atoms with van der Waals surface area (Å²) in [6, 6.07) is 6.87. The first-order valence-electron chi connectivity index (χ1n) is 6.19. The fourth-order valence-electron chi connectivity index (χ4n) is 1.57. The van der Waals surface area contributed by atoms with Gasteiger partial charge in [-0.2, -0.15) is 0 Å². The van der Waals surface area contributed by atoms with E-state index in [9.17, 15) is 8.42 Å². The van der Waals surface area contributed by atoms with E-state index in [1.54, 1.807) is 24.3 Å². The summed E-state index contributed by atoms with van der Waals surface area (Å²) in [6.45, 7) is 4.89. The van der Waals surface area contributed by atoms with Crippen molar-refractivity contribution in [2.75, 3.05) is 12.8 Å². The molecule has 2 N–H and O–H groups in total. The van der Waals surface area contributed by atoms with Crippen LogP contribution in [0, 0.1) is 0 Å². The van der Waals surface area contributed by atoms with Gasteiger partial charge in [0.1, 0.15) is 0 Å². The predicted octanol–water partition coefficient (Wildman–Crippen LogP) is 2.03. The summed E-state index contributed by atoms with van der Waals surface area (Å²) in [5.74, 6) is 0. The fraction of sp³-hybridized carbons (Fsp3) is 0.462. The Morgan fingerprint density at radius 1 is 1.32 bits per heavy atom. The molecule has 0 aromatic heterocycles. The summed E-state index contributed by atoms with van der Waals surface area (Å²) < 4.78 is 22.7. The van der Waals surface area contributed by atoms with Gasteiger partial charge in [0.15, 0.2) is 14.9 Å². The topological polar surface area (TPSA) is 58.2 Å². The SMILES string of the molecule is CCCNC(=S)N[C@@H](C)c1ccc(S(C)(=O)=O)cc1. The van der Waals surface area contributed by atoms with E-state index < -0.39 is 9.84 Å². The third-order valence-corrected chi connectivity index (χ3v) is 4.08. The molecule has 0 heterocycles. The first kappa shape index (κ1) is 15.9. The Balaban J connectivity index is 2.68. The minimum atomic E-state index is -3.14. The summed E-state index contributed by atoms with van der Waals surface area (Å²) in [4.78, 5) is 0.329. The van der Waals surface area contributed by atoms with E-state index in [-0.39, 0.29) is 6.04 Å². The van der Waals surface area contributed by atoms with Crippen LogP contribution in [0.2, 0.25) is 0 Å². The van der Waals surface area contributed by atoms with Gasteiger partial charge in [0.05, 0.1) is 10.9 Å². The van der Waals surface area contributed by atoms with Crippen LogP contribution in [0.5, 0.6) is 0 Å². The number of thiocarbonyl (C=S) groups is 1. The van der Waals surface area contributed by atoms with Gasteiger partial charge < -0.3 is 10.6 Å². The molecule has 1 atom stereocenters. The zero-order valence-corrected chi connectivity index (χ0v) is 13.1. The van der Waals surface area contributed by atoms with Gasteiger partial charge in [0.2, 0.25) is 0 Å². The minimum Gasteiger partial charge on any atom is -0.363 e. The molecule has 0 saturated heterocycles. The fourth-order valence-corrected chi connectivity index (χ4v) is 2.48. The largest absolute Gasteiger partial charge is 0.363 e. The monoisotopic (exact) mass is 300 g/mol. The Labute approximate surface area is 120 Å². The van der Waals surface area contributed by atoms with Crippen LogP contribution >= 0.6 is 12.2 Å². The Hall–Kier alpha value is -1.14. The lowest BCUT2D eigenvalue weighted by molar-refractivity contribution is 0.601. The molecule has 0 saturated carbocycles. The van der Waals surface area contributed by atoms with Gasteiger partial charge in [0.25, 0.3) is 0 Å². The maximum atomic E-state index is 11.4. The lowest BCUT2D eigenvalue weighted by atomic mass is 10.1. The number of hydrogen-bond donors (Lipinski definition) is 2. The number of hydrogen-bond acceptors (Lipinski definition) is 3. The Kier molecular flexibility index (Phi) is 5.75. The van der Waals surface area contributed by atoms with Gasteiger partial charge in [0, 0.05) is 12.8 Å². The normalized spacial score (nSPS) is 12.8. The zero-order valence-electron chi connectivity index (χ0n) is 11.4. The number of rotatable bonds is 5. The Morgan fingerprint density at radius 2 is 1.89 bits per heavy atom. The van der Waals surface area contributed by atoms with Gasteiger partial charge in [-0.3, -0.25) is 0 Å². The summed E-state index contributed by atoms with van der Waals surface area (Å²) in [6.07, 6.45) is 2.22. The molecule has 1 rings (SSSR count). The number of nitrogens with one attached hydrogen (secondary N) is 2. The standard InChI is InChI=1S/C13H20N2O2S2/c1-4-9-14-13(18)15-10(2)11-5-7-12(8-6-11)19(3,16)17/h5-8,10H,4,9H2,1-3H3,(H2,14,15,18)/t10-/m0/s1. The van der Waals surface area contributed by atoms with Crippen molar-refractivity contribution in [3.63, 3.8) is 0 Å². The average Bonchev–Trinajstić information content (AvgIpc) is 2.35. The molecule has 1 aromatic carbocycles. The van der Waals surface area contributed by atoms with Crippen LogP contribution in [0.15, 0.2) is 29.2 Å². The number of sulfone groups is 1. The van der Waals surface area contributed by atoms with E-state index >= 15 is 0 Å². The van der Waals surface area contributed by atoms with Crippen LogP contribution in [-0.4, -0.2) is 26.3 Å². The van der Waals surface area contributed by atoms with E-state index in [2.05, 4.69) is 17.6 Å². The maximum absolute atomic E-state index is 11.4. The molecular weight excluding hydrogens is 280 g/mol. The molecule has 0 aliphatic carbocycles. The van der Waals surface area contributed by atoms with Crippen LogP contribution in [0.1, 0.15) is 31.9 Å². The van der Waals surface area contributed by atoms with Crippen molar-refractivity contribution in [1.82, 2.24) is 10.6 Å². The van der Waals surface area contributed by atoms with Gasteiger partial charge in [-0.15, -0.1) is 0 Å². The van der Waals surface area contributed by atoms with Gasteiger partial charge >= 0.3 is 0 Å².